The van der Waals surface area contributed by atoms with Gasteiger partial charge in [0, 0.05) is 17.4 Å². The normalized spacial score (nSPS) is 13.8. The molecule has 0 aliphatic rings. The summed E-state index contributed by atoms with van der Waals surface area (Å²) in [5, 5.41) is 1.79. The van der Waals surface area contributed by atoms with Crippen LogP contribution in [0.2, 0.25) is 10.0 Å². The fraction of sp³-hybridized carbons (Fsp3) is 0.0769. The summed E-state index contributed by atoms with van der Waals surface area (Å²) in [6, 6.07) is 14.5. The van der Waals surface area contributed by atoms with E-state index in [2.05, 4.69) is 0 Å². The molecule has 2 rings (SSSR count). The minimum absolute atomic E-state index is 0.412. The van der Waals surface area contributed by atoms with Gasteiger partial charge in [0.1, 0.15) is 5.75 Å². The zero-order valence-electron chi connectivity index (χ0n) is 10.0. The van der Waals surface area contributed by atoms with E-state index >= 15 is 0 Å². The highest BCUT2D eigenvalue weighted by Crippen LogP contribution is 2.48. The summed E-state index contributed by atoms with van der Waals surface area (Å²) in [5.74, 6) is 0.472. The Morgan fingerprint density at radius 2 is 1.74 bits per heavy atom. The zero-order valence-corrected chi connectivity index (χ0v) is 13.3. The van der Waals surface area contributed by atoms with E-state index in [1.54, 1.807) is 18.2 Å². The number of rotatable bonds is 4. The third-order valence-electron chi connectivity index (χ3n) is 2.43. The average Bonchev–Trinajstić information content (AvgIpc) is 2.43. The molecule has 2 nitrogen and oxygen atoms in total. The van der Waals surface area contributed by atoms with Gasteiger partial charge >= 0.3 is 0 Å². The third-order valence-corrected chi connectivity index (χ3v) is 6.11. The highest BCUT2D eigenvalue weighted by atomic mass is 35.5. The van der Waals surface area contributed by atoms with E-state index in [0.29, 0.717) is 15.8 Å². The lowest BCUT2D eigenvalue weighted by molar-refractivity contribution is 0.402. The highest BCUT2D eigenvalue weighted by molar-refractivity contribution is 8.13. The van der Waals surface area contributed by atoms with Gasteiger partial charge in [0.25, 0.3) is 6.49 Å². The number of hydrogen-bond acceptors (Lipinski definition) is 3. The smallest absolute Gasteiger partial charge is 0.268 e. The van der Waals surface area contributed by atoms with Gasteiger partial charge in [-0.25, -0.2) is 0 Å². The molecule has 0 amide bonds. The van der Waals surface area contributed by atoms with E-state index in [4.69, 9.17) is 44.1 Å². The quantitative estimate of drug-likeness (QED) is 0.759. The SMILES string of the molecule is COP(=S)(Oc1ccc(Cl)cc1Cl)c1ccccc1. The van der Waals surface area contributed by atoms with Crippen molar-refractivity contribution in [2.75, 3.05) is 7.11 Å². The molecule has 100 valence electrons. The van der Waals surface area contributed by atoms with Gasteiger partial charge in [-0.1, -0.05) is 41.4 Å². The van der Waals surface area contributed by atoms with Crippen molar-refractivity contribution in [1.29, 1.82) is 0 Å². The molecule has 0 bridgehead atoms. The van der Waals surface area contributed by atoms with Gasteiger partial charge in [0.15, 0.2) is 0 Å². The third kappa shape index (κ3) is 3.50. The van der Waals surface area contributed by atoms with Crippen LogP contribution < -0.4 is 9.83 Å². The van der Waals surface area contributed by atoms with Gasteiger partial charge < -0.3 is 9.05 Å². The molecule has 0 N–H and O–H groups in total. The molecule has 1 atom stereocenters. The van der Waals surface area contributed by atoms with Crippen LogP contribution in [0.3, 0.4) is 0 Å². The summed E-state index contributed by atoms with van der Waals surface area (Å²) < 4.78 is 11.3. The van der Waals surface area contributed by atoms with Crippen molar-refractivity contribution >= 4 is 46.8 Å². The summed E-state index contributed by atoms with van der Waals surface area (Å²) in [6.07, 6.45) is 0. The number of hydrogen-bond donors (Lipinski definition) is 0. The Bertz CT molecular complexity index is 619. The van der Waals surface area contributed by atoms with E-state index in [1.165, 1.54) is 7.11 Å². The standard InChI is InChI=1S/C13H11Cl2O2PS/c1-16-18(19,11-5-3-2-4-6-11)17-13-8-7-10(14)9-12(13)15/h2-9H,1H3. The lowest BCUT2D eigenvalue weighted by Gasteiger charge is -2.22. The van der Waals surface area contributed by atoms with Gasteiger partial charge in [-0.05, 0) is 42.1 Å². The predicted octanol–water partition coefficient (Wildman–Crippen LogP) is 4.65. The molecule has 1 unspecified atom stereocenters. The van der Waals surface area contributed by atoms with E-state index in [0.717, 1.165) is 5.30 Å². The van der Waals surface area contributed by atoms with Gasteiger partial charge in [-0.3, -0.25) is 0 Å². The Labute approximate surface area is 127 Å². The van der Waals surface area contributed by atoms with Crippen molar-refractivity contribution in [2.24, 2.45) is 0 Å². The Hall–Kier alpha value is -0.570. The maximum absolute atomic E-state index is 6.09. The first kappa shape index (κ1) is 14.8. The van der Waals surface area contributed by atoms with Crippen LogP contribution in [0, 0.1) is 0 Å². The van der Waals surface area contributed by atoms with Crippen LogP contribution in [0.25, 0.3) is 0 Å². The van der Waals surface area contributed by atoms with E-state index < -0.39 is 6.49 Å². The fourth-order valence-corrected chi connectivity index (χ4v) is 3.94. The minimum atomic E-state index is -2.61. The average molecular weight is 333 g/mol. The lowest BCUT2D eigenvalue weighted by Crippen LogP contribution is -2.10. The van der Waals surface area contributed by atoms with Crippen molar-refractivity contribution in [3.05, 3.63) is 58.6 Å². The lowest BCUT2D eigenvalue weighted by atomic mass is 10.3. The van der Waals surface area contributed by atoms with Crippen molar-refractivity contribution in [1.82, 2.24) is 0 Å². The summed E-state index contributed by atoms with van der Waals surface area (Å²) in [4.78, 5) is 0. The van der Waals surface area contributed by atoms with Crippen molar-refractivity contribution in [3.63, 3.8) is 0 Å². The molecule has 2 aromatic carbocycles. The van der Waals surface area contributed by atoms with E-state index in [-0.39, 0.29) is 0 Å². The molecular formula is C13H11Cl2O2PS. The van der Waals surface area contributed by atoms with Gasteiger partial charge in [-0.2, -0.15) is 0 Å². The van der Waals surface area contributed by atoms with Crippen LogP contribution in [-0.4, -0.2) is 7.11 Å². The predicted molar refractivity (Wildman–Crippen MR) is 84.5 cm³/mol. The zero-order chi connectivity index (χ0) is 13.9. The van der Waals surface area contributed by atoms with Gasteiger partial charge in [0.2, 0.25) is 0 Å². The molecule has 0 fully saturated rings. The molecule has 6 heteroatoms. The summed E-state index contributed by atoms with van der Waals surface area (Å²) in [7, 11) is 1.54. The van der Waals surface area contributed by atoms with E-state index in [9.17, 15) is 0 Å². The second-order valence-electron chi connectivity index (χ2n) is 3.68. The molecular weight excluding hydrogens is 322 g/mol. The van der Waals surface area contributed by atoms with Crippen molar-refractivity contribution in [2.45, 2.75) is 0 Å². The van der Waals surface area contributed by atoms with Gasteiger partial charge in [-0.15, -0.1) is 0 Å². The molecule has 0 heterocycles. The highest BCUT2D eigenvalue weighted by Gasteiger charge is 2.23. The van der Waals surface area contributed by atoms with Crippen molar-refractivity contribution < 1.29 is 9.05 Å². The summed E-state index contributed by atoms with van der Waals surface area (Å²) >= 11 is 17.5. The maximum atomic E-state index is 6.09. The topological polar surface area (TPSA) is 18.5 Å². The molecule has 0 aliphatic heterocycles. The Kier molecular flexibility index (Phi) is 4.88. The van der Waals surface area contributed by atoms with Crippen LogP contribution in [0.15, 0.2) is 48.5 Å². The van der Waals surface area contributed by atoms with Gasteiger partial charge in [0.05, 0.1) is 5.02 Å². The van der Waals surface area contributed by atoms with Crippen LogP contribution in [0.4, 0.5) is 0 Å². The van der Waals surface area contributed by atoms with Crippen LogP contribution in [0.5, 0.6) is 5.75 Å². The minimum Gasteiger partial charge on any atom is -0.439 e. The van der Waals surface area contributed by atoms with Crippen LogP contribution in [-0.2, 0) is 16.3 Å². The second-order valence-corrected chi connectivity index (χ2v) is 8.03. The molecule has 0 aliphatic carbocycles. The molecule has 0 aromatic heterocycles. The summed E-state index contributed by atoms with van der Waals surface area (Å²) in [5.41, 5.74) is 0. The monoisotopic (exact) mass is 332 g/mol. The van der Waals surface area contributed by atoms with Crippen LogP contribution >= 0.6 is 29.7 Å². The maximum Gasteiger partial charge on any atom is 0.268 e. The first-order valence-electron chi connectivity index (χ1n) is 5.41. The number of benzene rings is 2. The number of halogens is 2. The molecule has 0 saturated carbocycles. The molecule has 2 aromatic rings. The first-order valence-corrected chi connectivity index (χ1v) is 8.80. The molecule has 0 saturated heterocycles. The largest absolute Gasteiger partial charge is 0.439 e. The molecule has 19 heavy (non-hydrogen) atoms. The molecule has 0 spiro atoms. The Morgan fingerprint density at radius 1 is 1.05 bits per heavy atom. The second kappa shape index (κ2) is 6.25. The van der Waals surface area contributed by atoms with Crippen molar-refractivity contribution in [3.8, 4) is 5.75 Å². The molecule has 0 radical (unpaired) electrons. The van der Waals surface area contributed by atoms with Crippen LogP contribution in [0.1, 0.15) is 0 Å². The Balaban J connectivity index is 2.36. The first-order chi connectivity index (χ1) is 9.05. The Morgan fingerprint density at radius 3 is 2.32 bits per heavy atom. The van der Waals surface area contributed by atoms with E-state index in [1.807, 2.05) is 30.3 Å². The summed E-state index contributed by atoms with van der Waals surface area (Å²) in [6.45, 7) is -2.61. The fourth-order valence-electron chi connectivity index (χ4n) is 1.48.